The highest BCUT2D eigenvalue weighted by Crippen LogP contribution is 2.16. The molecule has 0 aromatic heterocycles. The SMILES string of the molecule is C/C(=C/c1ccccc1)CNc1cccc(NC(=O)CO)c1. The van der Waals surface area contributed by atoms with Crippen molar-refractivity contribution in [3.05, 3.63) is 65.7 Å². The molecule has 4 nitrogen and oxygen atoms in total. The second-order valence-electron chi connectivity index (χ2n) is 5.04. The van der Waals surface area contributed by atoms with Crippen LogP contribution in [0.2, 0.25) is 0 Å². The molecule has 2 aromatic rings. The maximum absolute atomic E-state index is 11.2. The fraction of sp³-hybridized carbons (Fsp3) is 0.167. The van der Waals surface area contributed by atoms with E-state index in [0.717, 1.165) is 5.69 Å². The van der Waals surface area contributed by atoms with Crippen molar-refractivity contribution in [1.29, 1.82) is 0 Å². The molecule has 3 N–H and O–H groups in total. The summed E-state index contributed by atoms with van der Waals surface area (Å²) in [5, 5.41) is 14.7. The Morgan fingerprint density at radius 1 is 1.09 bits per heavy atom. The van der Waals surface area contributed by atoms with Gasteiger partial charge >= 0.3 is 0 Å². The van der Waals surface area contributed by atoms with Crippen LogP contribution >= 0.6 is 0 Å². The van der Waals surface area contributed by atoms with E-state index < -0.39 is 12.5 Å². The third kappa shape index (κ3) is 5.07. The maximum atomic E-state index is 11.2. The molecule has 0 saturated heterocycles. The van der Waals surface area contributed by atoms with Gasteiger partial charge in [-0.3, -0.25) is 4.79 Å². The van der Waals surface area contributed by atoms with E-state index in [2.05, 4.69) is 35.8 Å². The highest BCUT2D eigenvalue weighted by Gasteiger charge is 2.01. The van der Waals surface area contributed by atoms with Crippen molar-refractivity contribution >= 4 is 23.4 Å². The fourth-order valence-corrected chi connectivity index (χ4v) is 2.03. The number of benzene rings is 2. The first-order valence-corrected chi connectivity index (χ1v) is 7.14. The van der Waals surface area contributed by atoms with Crippen LogP contribution in [0.25, 0.3) is 6.08 Å². The number of hydrogen-bond acceptors (Lipinski definition) is 3. The maximum Gasteiger partial charge on any atom is 0.250 e. The van der Waals surface area contributed by atoms with Crippen molar-refractivity contribution in [3.8, 4) is 0 Å². The van der Waals surface area contributed by atoms with E-state index in [0.29, 0.717) is 12.2 Å². The highest BCUT2D eigenvalue weighted by molar-refractivity contribution is 5.91. The molecule has 0 radical (unpaired) electrons. The summed E-state index contributed by atoms with van der Waals surface area (Å²) in [6.45, 7) is 2.26. The van der Waals surface area contributed by atoms with Gasteiger partial charge in [0.25, 0.3) is 0 Å². The van der Waals surface area contributed by atoms with Crippen molar-refractivity contribution in [2.45, 2.75) is 6.92 Å². The lowest BCUT2D eigenvalue weighted by Crippen LogP contribution is -2.15. The Labute approximate surface area is 130 Å². The molecule has 1 amide bonds. The van der Waals surface area contributed by atoms with Crippen LogP contribution in [0.15, 0.2) is 60.2 Å². The lowest BCUT2D eigenvalue weighted by atomic mass is 10.1. The normalized spacial score (nSPS) is 11.1. The molecule has 2 aromatic carbocycles. The lowest BCUT2D eigenvalue weighted by Gasteiger charge is -2.09. The summed E-state index contributed by atoms with van der Waals surface area (Å²) < 4.78 is 0. The second kappa shape index (κ2) is 8.00. The number of hydrogen-bond donors (Lipinski definition) is 3. The Bertz CT molecular complexity index is 651. The van der Waals surface area contributed by atoms with Crippen LogP contribution in [-0.2, 0) is 4.79 Å². The van der Waals surface area contributed by atoms with Crippen LogP contribution in [0.5, 0.6) is 0 Å². The summed E-state index contributed by atoms with van der Waals surface area (Å²) in [6, 6.07) is 17.6. The van der Waals surface area contributed by atoms with Gasteiger partial charge in [0.1, 0.15) is 6.61 Å². The number of nitrogens with one attached hydrogen (secondary N) is 2. The summed E-state index contributed by atoms with van der Waals surface area (Å²) >= 11 is 0. The number of anilines is 2. The number of carbonyl (C=O) groups excluding carboxylic acids is 1. The minimum absolute atomic E-state index is 0.419. The molecule has 0 saturated carbocycles. The molecule has 114 valence electrons. The van der Waals surface area contributed by atoms with Gasteiger partial charge in [-0.1, -0.05) is 48.0 Å². The first-order valence-electron chi connectivity index (χ1n) is 7.14. The lowest BCUT2D eigenvalue weighted by molar-refractivity contribution is -0.118. The molecule has 0 bridgehead atoms. The van der Waals surface area contributed by atoms with Gasteiger partial charge < -0.3 is 15.7 Å². The Morgan fingerprint density at radius 2 is 1.82 bits per heavy atom. The first kappa shape index (κ1) is 15.8. The van der Waals surface area contributed by atoms with E-state index in [1.807, 2.05) is 36.4 Å². The quantitative estimate of drug-likeness (QED) is 0.767. The van der Waals surface area contributed by atoms with Crippen molar-refractivity contribution in [2.75, 3.05) is 23.8 Å². The van der Waals surface area contributed by atoms with Crippen molar-refractivity contribution in [1.82, 2.24) is 0 Å². The zero-order chi connectivity index (χ0) is 15.8. The Balaban J connectivity index is 1.95. The molecular weight excluding hydrogens is 276 g/mol. The second-order valence-corrected chi connectivity index (χ2v) is 5.04. The summed E-state index contributed by atoms with van der Waals surface area (Å²) in [5.41, 5.74) is 3.95. The van der Waals surface area contributed by atoms with Gasteiger partial charge in [0, 0.05) is 17.9 Å². The third-order valence-corrected chi connectivity index (χ3v) is 3.07. The highest BCUT2D eigenvalue weighted by atomic mass is 16.3. The van der Waals surface area contributed by atoms with Crippen molar-refractivity contribution < 1.29 is 9.90 Å². The van der Waals surface area contributed by atoms with Crippen molar-refractivity contribution in [3.63, 3.8) is 0 Å². The van der Waals surface area contributed by atoms with Crippen LogP contribution in [0.3, 0.4) is 0 Å². The predicted molar refractivity (Wildman–Crippen MR) is 90.7 cm³/mol. The van der Waals surface area contributed by atoms with Crippen molar-refractivity contribution in [2.24, 2.45) is 0 Å². The van der Waals surface area contributed by atoms with Gasteiger partial charge in [-0.2, -0.15) is 0 Å². The molecule has 22 heavy (non-hydrogen) atoms. The molecule has 0 unspecified atom stereocenters. The number of amides is 1. The third-order valence-electron chi connectivity index (χ3n) is 3.07. The molecule has 0 aliphatic rings. The standard InChI is InChI=1S/C18H20N2O2/c1-14(10-15-6-3-2-4-7-15)12-19-16-8-5-9-17(11-16)20-18(22)13-21/h2-11,19,21H,12-13H2,1H3,(H,20,22)/b14-10-. The van der Waals surface area contributed by atoms with Gasteiger partial charge in [0.2, 0.25) is 5.91 Å². The summed E-state index contributed by atoms with van der Waals surface area (Å²) in [6.07, 6.45) is 2.13. The molecule has 0 spiro atoms. The number of rotatable bonds is 6. The van der Waals surface area contributed by atoms with Crippen LogP contribution in [0.4, 0.5) is 11.4 Å². The van der Waals surface area contributed by atoms with E-state index in [-0.39, 0.29) is 0 Å². The molecule has 0 aliphatic heterocycles. The fourth-order valence-electron chi connectivity index (χ4n) is 2.03. The minimum atomic E-state index is -0.517. The summed E-state index contributed by atoms with van der Waals surface area (Å²) in [4.78, 5) is 11.2. The monoisotopic (exact) mass is 296 g/mol. The van der Waals surface area contributed by atoms with Gasteiger partial charge in [-0.05, 0) is 30.7 Å². The molecular formula is C18H20N2O2. The Kier molecular flexibility index (Phi) is 5.74. The summed E-state index contributed by atoms with van der Waals surface area (Å²) in [7, 11) is 0. The van der Waals surface area contributed by atoms with Crippen LogP contribution in [-0.4, -0.2) is 24.2 Å². The van der Waals surface area contributed by atoms with Gasteiger partial charge in [-0.25, -0.2) is 0 Å². The molecule has 0 atom stereocenters. The average Bonchev–Trinajstić information content (AvgIpc) is 2.54. The average molecular weight is 296 g/mol. The van der Waals surface area contributed by atoms with E-state index in [1.54, 1.807) is 6.07 Å². The van der Waals surface area contributed by atoms with E-state index in [4.69, 9.17) is 5.11 Å². The number of aliphatic hydroxyl groups excluding tert-OH is 1. The molecule has 2 rings (SSSR count). The molecule has 0 fully saturated rings. The Hall–Kier alpha value is -2.59. The van der Waals surface area contributed by atoms with E-state index in [1.165, 1.54) is 11.1 Å². The van der Waals surface area contributed by atoms with E-state index >= 15 is 0 Å². The molecule has 0 aliphatic carbocycles. The first-order chi connectivity index (χ1) is 10.7. The van der Waals surface area contributed by atoms with Gasteiger partial charge in [0.15, 0.2) is 0 Å². The van der Waals surface area contributed by atoms with Crippen LogP contribution < -0.4 is 10.6 Å². The number of aliphatic hydroxyl groups is 1. The largest absolute Gasteiger partial charge is 0.387 e. The zero-order valence-corrected chi connectivity index (χ0v) is 12.5. The Morgan fingerprint density at radius 3 is 2.55 bits per heavy atom. The van der Waals surface area contributed by atoms with Gasteiger partial charge in [0.05, 0.1) is 0 Å². The smallest absolute Gasteiger partial charge is 0.250 e. The van der Waals surface area contributed by atoms with Crippen LogP contribution in [0.1, 0.15) is 12.5 Å². The van der Waals surface area contributed by atoms with Gasteiger partial charge in [-0.15, -0.1) is 0 Å². The molecule has 0 heterocycles. The number of carbonyl (C=O) groups is 1. The predicted octanol–water partition coefficient (Wildman–Crippen LogP) is 3.13. The minimum Gasteiger partial charge on any atom is -0.387 e. The summed E-state index contributed by atoms with van der Waals surface area (Å²) in [5.74, 6) is -0.419. The topological polar surface area (TPSA) is 61.4 Å². The van der Waals surface area contributed by atoms with E-state index in [9.17, 15) is 4.79 Å². The van der Waals surface area contributed by atoms with Crippen LogP contribution in [0, 0.1) is 0 Å². The zero-order valence-electron chi connectivity index (χ0n) is 12.5. The molecule has 4 heteroatoms.